The molecule has 22 heavy (non-hydrogen) atoms. The molecule has 1 aliphatic rings. The van der Waals surface area contributed by atoms with E-state index in [0.29, 0.717) is 27.1 Å². The number of rotatable bonds is 2. The van der Waals surface area contributed by atoms with Gasteiger partial charge in [0.25, 0.3) is 5.91 Å². The smallest absolute Gasteiger partial charge is 0.257 e. The number of halogens is 1. The number of thiophene rings is 1. The molecule has 1 aromatic carbocycles. The second-order valence-corrected chi connectivity index (χ2v) is 7.11. The van der Waals surface area contributed by atoms with Crippen LogP contribution in [0.2, 0.25) is 5.02 Å². The Bertz CT molecular complexity index is 775. The van der Waals surface area contributed by atoms with Gasteiger partial charge in [-0.15, -0.1) is 11.3 Å². The summed E-state index contributed by atoms with van der Waals surface area (Å²) in [5.41, 5.74) is 2.15. The van der Waals surface area contributed by atoms with E-state index in [2.05, 4.69) is 18.3 Å². The number of hydrogen-bond acceptors (Lipinski definition) is 3. The Morgan fingerprint density at radius 2 is 2.23 bits per heavy atom. The van der Waals surface area contributed by atoms with Crippen LogP contribution in [-0.2, 0) is 12.8 Å². The maximum atomic E-state index is 12.4. The number of anilines is 1. The standard InChI is InChI=1S/C17H15ClN2OS/c1-10-6-7-15-12(8-10)13(9-19)17(22-15)20-16(21)11-4-2-3-5-14(11)18/h2-5,10H,6-8H2,1H3,(H,20,21). The van der Waals surface area contributed by atoms with Gasteiger partial charge in [0.1, 0.15) is 11.1 Å². The van der Waals surface area contributed by atoms with Crippen molar-refractivity contribution in [2.75, 3.05) is 5.32 Å². The summed E-state index contributed by atoms with van der Waals surface area (Å²) in [4.78, 5) is 13.6. The van der Waals surface area contributed by atoms with Crippen LogP contribution in [0.3, 0.4) is 0 Å². The van der Waals surface area contributed by atoms with Gasteiger partial charge in [-0.2, -0.15) is 5.26 Å². The molecule has 0 aliphatic heterocycles. The molecule has 1 aromatic heterocycles. The van der Waals surface area contributed by atoms with Crippen molar-refractivity contribution in [3.8, 4) is 6.07 Å². The number of nitrogens with zero attached hydrogens (tertiary/aromatic N) is 1. The Morgan fingerprint density at radius 1 is 1.45 bits per heavy atom. The lowest BCUT2D eigenvalue weighted by atomic mass is 9.88. The number of fused-ring (bicyclic) bond motifs is 1. The third-order valence-corrected chi connectivity index (χ3v) is 5.50. The zero-order chi connectivity index (χ0) is 15.7. The molecule has 5 heteroatoms. The van der Waals surface area contributed by atoms with Gasteiger partial charge >= 0.3 is 0 Å². The summed E-state index contributed by atoms with van der Waals surface area (Å²) < 4.78 is 0. The first-order chi connectivity index (χ1) is 10.6. The normalized spacial score (nSPS) is 16.7. The van der Waals surface area contributed by atoms with Crippen molar-refractivity contribution in [3.63, 3.8) is 0 Å². The minimum Gasteiger partial charge on any atom is -0.312 e. The van der Waals surface area contributed by atoms with E-state index in [1.165, 1.54) is 16.2 Å². The topological polar surface area (TPSA) is 52.9 Å². The molecule has 2 aromatic rings. The lowest BCUT2D eigenvalue weighted by Gasteiger charge is -2.17. The first kappa shape index (κ1) is 15.1. The predicted molar refractivity (Wildman–Crippen MR) is 89.6 cm³/mol. The summed E-state index contributed by atoms with van der Waals surface area (Å²) >= 11 is 7.58. The Labute approximate surface area is 138 Å². The maximum Gasteiger partial charge on any atom is 0.257 e. The van der Waals surface area contributed by atoms with Gasteiger partial charge in [-0.1, -0.05) is 30.7 Å². The zero-order valence-electron chi connectivity index (χ0n) is 12.1. The molecule has 3 nitrogen and oxygen atoms in total. The van der Waals surface area contributed by atoms with Crippen molar-refractivity contribution >= 4 is 33.8 Å². The molecular weight excluding hydrogens is 316 g/mol. The van der Waals surface area contributed by atoms with Crippen LogP contribution in [0.5, 0.6) is 0 Å². The fourth-order valence-corrected chi connectivity index (χ4v) is 4.19. The minimum absolute atomic E-state index is 0.270. The van der Waals surface area contributed by atoms with Gasteiger partial charge in [0.2, 0.25) is 0 Å². The van der Waals surface area contributed by atoms with Crippen LogP contribution in [0.25, 0.3) is 0 Å². The van der Waals surface area contributed by atoms with Gasteiger partial charge in [-0.05, 0) is 42.9 Å². The summed E-state index contributed by atoms with van der Waals surface area (Å²) in [5, 5.41) is 13.4. The highest BCUT2D eigenvalue weighted by Gasteiger charge is 2.25. The van der Waals surface area contributed by atoms with Crippen LogP contribution in [0.4, 0.5) is 5.00 Å². The number of hydrogen-bond donors (Lipinski definition) is 1. The highest BCUT2D eigenvalue weighted by molar-refractivity contribution is 7.16. The molecule has 1 atom stereocenters. The van der Waals surface area contributed by atoms with E-state index in [4.69, 9.17) is 11.6 Å². The molecule has 0 spiro atoms. The minimum atomic E-state index is -0.270. The molecule has 0 saturated heterocycles. The van der Waals surface area contributed by atoms with Gasteiger partial charge in [-0.3, -0.25) is 4.79 Å². The van der Waals surface area contributed by atoms with Crippen LogP contribution in [0.1, 0.15) is 39.7 Å². The molecule has 0 radical (unpaired) electrons. The summed E-state index contributed by atoms with van der Waals surface area (Å²) in [6.07, 6.45) is 3.03. The number of benzene rings is 1. The number of nitriles is 1. The Kier molecular flexibility index (Phi) is 4.19. The molecule has 1 unspecified atom stereocenters. The highest BCUT2D eigenvalue weighted by atomic mass is 35.5. The molecule has 3 rings (SSSR count). The number of carbonyl (C=O) groups excluding carboxylic acids is 1. The quantitative estimate of drug-likeness (QED) is 0.871. The lowest BCUT2D eigenvalue weighted by Crippen LogP contribution is -2.13. The third-order valence-electron chi connectivity index (χ3n) is 3.96. The first-order valence-electron chi connectivity index (χ1n) is 7.20. The third kappa shape index (κ3) is 2.75. The first-order valence-corrected chi connectivity index (χ1v) is 8.40. The molecule has 0 bridgehead atoms. The van der Waals surface area contributed by atoms with E-state index >= 15 is 0 Å². The highest BCUT2D eigenvalue weighted by Crippen LogP contribution is 2.39. The van der Waals surface area contributed by atoms with Gasteiger partial charge < -0.3 is 5.32 Å². The van der Waals surface area contributed by atoms with E-state index in [1.807, 2.05) is 0 Å². The number of nitrogens with one attached hydrogen (secondary N) is 1. The Hall–Kier alpha value is -1.83. The second-order valence-electron chi connectivity index (χ2n) is 5.60. The zero-order valence-corrected chi connectivity index (χ0v) is 13.7. The van der Waals surface area contributed by atoms with Crippen LogP contribution in [-0.4, -0.2) is 5.91 Å². The average Bonchev–Trinajstić information content (AvgIpc) is 2.83. The van der Waals surface area contributed by atoms with E-state index in [0.717, 1.165) is 24.8 Å². The predicted octanol–water partition coefficient (Wildman–Crippen LogP) is 4.65. The van der Waals surface area contributed by atoms with E-state index < -0.39 is 0 Å². The Balaban J connectivity index is 1.92. The van der Waals surface area contributed by atoms with Gasteiger partial charge in [0.05, 0.1) is 16.1 Å². The van der Waals surface area contributed by atoms with Crippen LogP contribution >= 0.6 is 22.9 Å². The van der Waals surface area contributed by atoms with E-state index in [-0.39, 0.29) is 5.91 Å². The van der Waals surface area contributed by atoms with Crippen molar-refractivity contribution < 1.29 is 4.79 Å². The number of aryl methyl sites for hydroxylation is 1. The van der Waals surface area contributed by atoms with Crippen molar-refractivity contribution in [2.45, 2.75) is 26.2 Å². The van der Waals surface area contributed by atoms with Gasteiger partial charge in [-0.25, -0.2) is 0 Å². The molecule has 1 aliphatic carbocycles. The number of carbonyl (C=O) groups is 1. The van der Waals surface area contributed by atoms with Crippen LogP contribution < -0.4 is 5.32 Å². The second kappa shape index (κ2) is 6.12. The molecule has 112 valence electrons. The molecule has 0 saturated carbocycles. The summed E-state index contributed by atoms with van der Waals surface area (Å²) in [6.45, 7) is 2.20. The summed E-state index contributed by atoms with van der Waals surface area (Å²) in [5.74, 6) is 0.315. The molecule has 0 fully saturated rings. The largest absolute Gasteiger partial charge is 0.312 e. The van der Waals surface area contributed by atoms with Crippen LogP contribution in [0.15, 0.2) is 24.3 Å². The molecular formula is C17H15ClN2OS. The maximum absolute atomic E-state index is 12.4. The molecule has 1 N–H and O–H groups in total. The van der Waals surface area contributed by atoms with Crippen molar-refractivity contribution in [2.24, 2.45) is 5.92 Å². The van der Waals surface area contributed by atoms with Gasteiger partial charge in [0, 0.05) is 4.88 Å². The fraction of sp³-hybridized carbons (Fsp3) is 0.294. The van der Waals surface area contributed by atoms with Crippen molar-refractivity contribution in [1.82, 2.24) is 0 Å². The summed E-state index contributed by atoms with van der Waals surface area (Å²) in [7, 11) is 0. The molecule has 1 amide bonds. The molecule has 1 heterocycles. The Morgan fingerprint density at radius 3 is 2.95 bits per heavy atom. The SMILES string of the molecule is CC1CCc2sc(NC(=O)c3ccccc3Cl)c(C#N)c2C1. The van der Waals surface area contributed by atoms with Crippen molar-refractivity contribution in [3.05, 3.63) is 50.9 Å². The fourth-order valence-electron chi connectivity index (χ4n) is 2.78. The van der Waals surface area contributed by atoms with Crippen LogP contribution in [0, 0.1) is 17.2 Å². The number of amides is 1. The lowest BCUT2D eigenvalue weighted by molar-refractivity contribution is 0.102. The average molecular weight is 331 g/mol. The monoisotopic (exact) mass is 330 g/mol. The summed E-state index contributed by atoms with van der Waals surface area (Å²) in [6, 6.07) is 9.18. The van der Waals surface area contributed by atoms with E-state index in [9.17, 15) is 10.1 Å². The van der Waals surface area contributed by atoms with E-state index in [1.54, 1.807) is 24.3 Å². The van der Waals surface area contributed by atoms with Crippen molar-refractivity contribution in [1.29, 1.82) is 5.26 Å². The van der Waals surface area contributed by atoms with Gasteiger partial charge in [0.15, 0.2) is 0 Å².